The number of hydrogen-bond acceptors (Lipinski definition) is 3. The van der Waals surface area contributed by atoms with E-state index in [4.69, 9.17) is 16.9 Å². The van der Waals surface area contributed by atoms with Gasteiger partial charge in [0.1, 0.15) is 11.7 Å². The van der Waals surface area contributed by atoms with Gasteiger partial charge in [-0.05, 0) is 18.2 Å². The van der Waals surface area contributed by atoms with E-state index in [1.165, 1.54) is 6.20 Å². The lowest BCUT2D eigenvalue weighted by atomic mass is 10.0. The summed E-state index contributed by atoms with van der Waals surface area (Å²) in [5, 5.41) is 7.78. The molecule has 4 nitrogen and oxygen atoms in total. The molecule has 0 radical (unpaired) electrons. The summed E-state index contributed by atoms with van der Waals surface area (Å²) in [7, 11) is 1.71. The van der Waals surface area contributed by atoms with Gasteiger partial charge in [0.05, 0.1) is 17.8 Å². The quantitative estimate of drug-likeness (QED) is 0.501. The maximum Gasteiger partial charge on any atom is 0.164 e. The van der Waals surface area contributed by atoms with Crippen molar-refractivity contribution in [1.82, 2.24) is 4.90 Å². The molecule has 0 saturated heterocycles. The third-order valence-corrected chi connectivity index (χ3v) is 3.04. The molecule has 0 aromatic heterocycles. The number of amidine groups is 1. The van der Waals surface area contributed by atoms with Crippen LogP contribution >= 0.6 is 0 Å². The van der Waals surface area contributed by atoms with Crippen molar-refractivity contribution >= 4 is 11.5 Å². The van der Waals surface area contributed by atoms with E-state index in [2.05, 4.69) is 11.8 Å². The highest BCUT2D eigenvalue weighted by Gasteiger charge is 2.16. The summed E-state index contributed by atoms with van der Waals surface area (Å²) in [6.45, 7) is 0.370. The number of benzene rings is 1. The minimum Gasteiger partial charge on any atom is -0.404 e. The molecule has 0 saturated carbocycles. The van der Waals surface area contributed by atoms with Crippen LogP contribution in [0, 0.1) is 28.9 Å². The first-order valence-corrected chi connectivity index (χ1v) is 6.12. The summed E-state index contributed by atoms with van der Waals surface area (Å²) in [5.41, 5.74) is 11.4. The average molecular weight is 288 g/mol. The molecule has 1 aliphatic rings. The van der Waals surface area contributed by atoms with Gasteiger partial charge < -0.3 is 16.4 Å². The second-order valence-electron chi connectivity index (χ2n) is 4.57. The average Bonchev–Trinajstić information content (AvgIpc) is 2.46. The SMILES string of the molecule is CN1CC(C#Cc2c(F)ccc(N)c2F)=CC(=CN)C1=N. The van der Waals surface area contributed by atoms with Crippen LogP contribution in [0.5, 0.6) is 0 Å². The number of halogens is 2. The zero-order valence-electron chi connectivity index (χ0n) is 11.4. The Hall–Kier alpha value is -2.81. The maximum atomic E-state index is 13.7. The third kappa shape index (κ3) is 2.87. The lowest BCUT2D eigenvalue weighted by Gasteiger charge is -2.25. The second-order valence-corrected chi connectivity index (χ2v) is 4.57. The number of nitrogens with one attached hydrogen (secondary N) is 1. The highest BCUT2D eigenvalue weighted by atomic mass is 19.1. The first-order valence-electron chi connectivity index (χ1n) is 6.12. The predicted octanol–water partition coefficient (Wildman–Crippen LogP) is 1.59. The van der Waals surface area contributed by atoms with Crippen LogP contribution in [0.4, 0.5) is 14.5 Å². The van der Waals surface area contributed by atoms with E-state index in [1.54, 1.807) is 18.0 Å². The van der Waals surface area contributed by atoms with Crippen molar-refractivity contribution < 1.29 is 8.78 Å². The number of nitrogens with two attached hydrogens (primary N) is 2. The number of rotatable bonds is 0. The van der Waals surface area contributed by atoms with E-state index < -0.39 is 11.6 Å². The van der Waals surface area contributed by atoms with Crippen LogP contribution < -0.4 is 11.5 Å². The highest BCUT2D eigenvalue weighted by molar-refractivity contribution is 5.99. The van der Waals surface area contributed by atoms with Crippen molar-refractivity contribution in [2.45, 2.75) is 0 Å². The second kappa shape index (κ2) is 5.67. The van der Waals surface area contributed by atoms with Gasteiger partial charge in [0.25, 0.3) is 0 Å². The van der Waals surface area contributed by atoms with Gasteiger partial charge in [-0.25, -0.2) is 8.78 Å². The van der Waals surface area contributed by atoms with E-state index in [0.29, 0.717) is 17.7 Å². The fourth-order valence-electron chi connectivity index (χ4n) is 1.89. The Labute approximate surface area is 121 Å². The molecule has 0 atom stereocenters. The van der Waals surface area contributed by atoms with Crippen LogP contribution in [0.3, 0.4) is 0 Å². The third-order valence-electron chi connectivity index (χ3n) is 3.04. The van der Waals surface area contributed by atoms with Crippen LogP contribution in [0.1, 0.15) is 5.56 Å². The molecule has 0 fully saturated rings. The lowest BCUT2D eigenvalue weighted by molar-refractivity contribution is 0.545. The Morgan fingerprint density at radius 3 is 2.71 bits per heavy atom. The molecule has 0 amide bonds. The molecule has 108 valence electrons. The predicted molar refractivity (Wildman–Crippen MR) is 78.4 cm³/mol. The minimum absolute atomic E-state index is 0.153. The van der Waals surface area contributed by atoms with E-state index in [-0.39, 0.29) is 17.1 Å². The maximum absolute atomic E-state index is 13.7. The topological polar surface area (TPSA) is 79.1 Å². The van der Waals surface area contributed by atoms with Gasteiger partial charge in [0, 0.05) is 24.4 Å². The van der Waals surface area contributed by atoms with Crippen molar-refractivity contribution in [3.05, 3.63) is 52.8 Å². The Bertz CT molecular complexity index is 723. The van der Waals surface area contributed by atoms with E-state index in [9.17, 15) is 8.78 Å². The minimum atomic E-state index is -0.866. The van der Waals surface area contributed by atoms with Crippen molar-refractivity contribution in [2.75, 3.05) is 19.3 Å². The summed E-state index contributed by atoms with van der Waals surface area (Å²) in [5.74, 6) is 3.80. The first kappa shape index (κ1) is 14.6. The van der Waals surface area contributed by atoms with Gasteiger partial charge in [-0.3, -0.25) is 5.41 Å². The molecule has 21 heavy (non-hydrogen) atoms. The molecule has 5 N–H and O–H groups in total. The van der Waals surface area contributed by atoms with E-state index >= 15 is 0 Å². The van der Waals surface area contributed by atoms with Crippen LogP contribution in [0.25, 0.3) is 0 Å². The zero-order valence-corrected chi connectivity index (χ0v) is 11.4. The number of likely N-dealkylation sites (N-methyl/N-ethyl adjacent to an activating group) is 1. The fraction of sp³-hybridized carbons (Fsp3) is 0.133. The van der Waals surface area contributed by atoms with E-state index in [1.807, 2.05) is 0 Å². The van der Waals surface area contributed by atoms with E-state index in [0.717, 1.165) is 12.1 Å². The van der Waals surface area contributed by atoms with Crippen molar-refractivity contribution in [3.8, 4) is 11.8 Å². The van der Waals surface area contributed by atoms with Gasteiger partial charge in [-0.15, -0.1) is 0 Å². The zero-order chi connectivity index (χ0) is 15.6. The first-order chi connectivity index (χ1) is 9.93. The summed E-state index contributed by atoms with van der Waals surface area (Å²) in [6.07, 6.45) is 2.92. The van der Waals surface area contributed by atoms with Gasteiger partial charge in [0.2, 0.25) is 0 Å². The Morgan fingerprint density at radius 1 is 1.33 bits per heavy atom. The number of anilines is 1. The molecule has 1 aromatic rings. The summed E-state index contributed by atoms with van der Waals surface area (Å²) >= 11 is 0. The van der Waals surface area contributed by atoms with Crippen LogP contribution in [-0.2, 0) is 0 Å². The fourth-order valence-corrected chi connectivity index (χ4v) is 1.89. The number of nitrogen functional groups attached to an aromatic ring is 1. The molecule has 1 heterocycles. The molecular weight excluding hydrogens is 274 g/mol. The molecular formula is C15H14F2N4. The molecule has 2 rings (SSSR count). The molecule has 6 heteroatoms. The standard InChI is InChI=1S/C15H14F2N4/c1-21-8-9(6-10(7-18)15(21)20)2-3-11-12(16)4-5-13(19)14(11)17/h4-7,20H,8,18-19H2,1H3. The summed E-state index contributed by atoms with van der Waals surface area (Å²) in [6, 6.07) is 2.23. The van der Waals surface area contributed by atoms with Crippen LogP contribution in [0.2, 0.25) is 0 Å². The van der Waals surface area contributed by atoms with Crippen LogP contribution in [0.15, 0.2) is 35.6 Å². The smallest absolute Gasteiger partial charge is 0.164 e. The summed E-state index contributed by atoms with van der Waals surface area (Å²) < 4.78 is 27.3. The molecule has 0 aliphatic carbocycles. The van der Waals surface area contributed by atoms with Gasteiger partial charge >= 0.3 is 0 Å². The van der Waals surface area contributed by atoms with Gasteiger partial charge in [-0.1, -0.05) is 11.8 Å². The Balaban J connectivity index is 2.41. The van der Waals surface area contributed by atoms with Crippen molar-refractivity contribution in [3.63, 3.8) is 0 Å². The molecule has 0 unspecified atom stereocenters. The molecule has 0 spiro atoms. The summed E-state index contributed by atoms with van der Waals surface area (Å²) in [4.78, 5) is 1.63. The monoisotopic (exact) mass is 288 g/mol. The molecule has 0 bridgehead atoms. The Morgan fingerprint density at radius 2 is 2.05 bits per heavy atom. The highest BCUT2D eigenvalue weighted by Crippen LogP contribution is 2.18. The van der Waals surface area contributed by atoms with Crippen molar-refractivity contribution in [2.24, 2.45) is 5.73 Å². The van der Waals surface area contributed by atoms with Gasteiger partial charge in [0.15, 0.2) is 5.82 Å². The molecule has 1 aliphatic heterocycles. The molecule has 1 aromatic carbocycles. The largest absolute Gasteiger partial charge is 0.404 e. The number of hydrogen-bond donors (Lipinski definition) is 3. The lowest BCUT2D eigenvalue weighted by Crippen LogP contribution is -2.32. The van der Waals surface area contributed by atoms with Crippen LogP contribution in [-0.4, -0.2) is 24.3 Å². The number of nitrogens with zero attached hydrogens (tertiary/aromatic N) is 1. The normalized spacial score (nSPS) is 16.5. The Kier molecular flexibility index (Phi) is 3.94. The van der Waals surface area contributed by atoms with Gasteiger partial charge in [-0.2, -0.15) is 0 Å². The van der Waals surface area contributed by atoms with Crippen molar-refractivity contribution in [1.29, 1.82) is 5.41 Å².